The zero-order chi connectivity index (χ0) is 20.7. The molecule has 0 aromatic carbocycles. The Hall–Kier alpha value is -2.78. The minimum Gasteiger partial charge on any atom is -0.380 e. The average Bonchev–Trinajstić information content (AvgIpc) is 3.43. The molecule has 2 fully saturated rings. The van der Waals surface area contributed by atoms with Crippen LogP contribution in [0.1, 0.15) is 24.6 Å². The molecule has 2 atom stereocenters. The van der Waals surface area contributed by atoms with Crippen molar-refractivity contribution in [2.75, 3.05) is 36.5 Å². The van der Waals surface area contributed by atoms with Crippen molar-refractivity contribution in [3.63, 3.8) is 0 Å². The Labute approximate surface area is 175 Å². The van der Waals surface area contributed by atoms with E-state index in [4.69, 9.17) is 19.8 Å². The van der Waals surface area contributed by atoms with E-state index in [0.717, 1.165) is 59.4 Å². The zero-order valence-electron chi connectivity index (χ0n) is 17.7. The first-order chi connectivity index (χ1) is 14.6. The second-order valence-electron chi connectivity index (χ2n) is 8.07. The summed E-state index contributed by atoms with van der Waals surface area (Å²) in [6.07, 6.45) is 2.95. The summed E-state index contributed by atoms with van der Waals surface area (Å²) in [4.78, 5) is 16.7. The highest BCUT2D eigenvalue weighted by Crippen LogP contribution is 2.32. The maximum absolute atomic E-state index is 5.56. The number of hydrogen-bond donors (Lipinski definition) is 2. The SMILES string of the molecule is CCOCCn1nc(C)c2nc(N3C[C@H]4C[C@@H]3CN4)nc(Nc3cc(C)ccn3)c21. The predicted octanol–water partition coefficient (Wildman–Crippen LogP) is 2.17. The van der Waals surface area contributed by atoms with Crippen LogP contribution in [0, 0.1) is 13.8 Å². The van der Waals surface area contributed by atoms with Gasteiger partial charge >= 0.3 is 0 Å². The molecule has 30 heavy (non-hydrogen) atoms. The molecule has 0 aliphatic carbocycles. The number of hydrogen-bond acceptors (Lipinski definition) is 8. The van der Waals surface area contributed by atoms with Crippen LogP contribution in [0.15, 0.2) is 18.3 Å². The summed E-state index contributed by atoms with van der Waals surface area (Å²) in [6, 6.07) is 4.98. The minimum atomic E-state index is 0.450. The molecule has 2 bridgehead atoms. The van der Waals surface area contributed by atoms with Crippen LogP contribution in [0.3, 0.4) is 0 Å². The quantitative estimate of drug-likeness (QED) is 0.575. The van der Waals surface area contributed by atoms with E-state index in [1.807, 2.05) is 30.7 Å². The first-order valence-electron chi connectivity index (χ1n) is 10.6. The lowest BCUT2D eigenvalue weighted by Gasteiger charge is -2.27. The summed E-state index contributed by atoms with van der Waals surface area (Å²) in [5.41, 5.74) is 3.80. The van der Waals surface area contributed by atoms with Gasteiger partial charge in [0.15, 0.2) is 5.82 Å². The Morgan fingerprint density at radius 3 is 2.93 bits per heavy atom. The van der Waals surface area contributed by atoms with E-state index in [-0.39, 0.29) is 0 Å². The van der Waals surface area contributed by atoms with Gasteiger partial charge in [0.25, 0.3) is 0 Å². The van der Waals surface area contributed by atoms with Crippen LogP contribution < -0.4 is 15.5 Å². The van der Waals surface area contributed by atoms with E-state index in [1.54, 1.807) is 6.20 Å². The molecular formula is C21H28N8O. The van der Waals surface area contributed by atoms with Crippen molar-refractivity contribution < 1.29 is 4.74 Å². The van der Waals surface area contributed by atoms with E-state index in [9.17, 15) is 0 Å². The monoisotopic (exact) mass is 408 g/mol. The highest BCUT2D eigenvalue weighted by Gasteiger charge is 2.39. The Morgan fingerprint density at radius 1 is 1.30 bits per heavy atom. The third-order valence-electron chi connectivity index (χ3n) is 5.87. The summed E-state index contributed by atoms with van der Waals surface area (Å²) < 4.78 is 7.50. The molecule has 0 spiro atoms. The van der Waals surface area contributed by atoms with Crippen molar-refractivity contribution in [1.82, 2.24) is 30.0 Å². The van der Waals surface area contributed by atoms with Crippen molar-refractivity contribution in [2.24, 2.45) is 0 Å². The van der Waals surface area contributed by atoms with Crippen LogP contribution in [0.4, 0.5) is 17.6 Å². The summed E-state index contributed by atoms with van der Waals surface area (Å²) in [7, 11) is 0. The molecule has 0 radical (unpaired) electrons. The van der Waals surface area contributed by atoms with Gasteiger partial charge in [-0.05, 0) is 44.9 Å². The van der Waals surface area contributed by atoms with Gasteiger partial charge in [0.1, 0.15) is 16.9 Å². The first kappa shape index (κ1) is 19.2. The number of aromatic nitrogens is 5. The molecule has 2 aliphatic rings. The van der Waals surface area contributed by atoms with Crippen LogP contribution in [-0.2, 0) is 11.3 Å². The van der Waals surface area contributed by atoms with E-state index in [0.29, 0.717) is 31.8 Å². The van der Waals surface area contributed by atoms with E-state index in [2.05, 4.69) is 27.4 Å². The number of piperazine rings is 1. The third-order valence-corrected chi connectivity index (χ3v) is 5.87. The molecule has 5 heterocycles. The number of aryl methyl sites for hydroxylation is 2. The molecule has 158 valence electrons. The topological polar surface area (TPSA) is 93.0 Å². The average molecular weight is 409 g/mol. The molecule has 9 nitrogen and oxygen atoms in total. The number of rotatable bonds is 7. The number of nitrogens with zero attached hydrogens (tertiary/aromatic N) is 6. The van der Waals surface area contributed by atoms with Crippen LogP contribution in [0.2, 0.25) is 0 Å². The Kier molecular flexibility index (Phi) is 5.00. The van der Waals surface area contributed by atoms with Gasteiger partial charge < -0.3 is 20.3 Å². The molecule has 2 N–H and O–H groups in total. The lowest BCUT2D eigenvalue weighted by Crippen LogP contribution is -2.44. The van der Waals surface area contributed by atoms with Crippen LogP contribution in [0.5, 0.6) is 0 Å². The second-order valence-corrected chi connectivity index (χ2v) is 8.07. The fourth-order valence-electron chi connectivity index (χ4n) is 4.42. The number of ether oxygens (including phenoxy) is 1. The van der Waals surface area contributed by atoms with Gasteiger partial charge in [-0.1, -0.05) is 0 Å². The number of nitrogens with one attached hydrogen (secondary N) is 2. The van der Waals surface area contributed by atoms with E-state index in [1.165, 1.54) is 0 Å². The summed E-state index contributed by atoms with van der Waals surface area (Å²) in [5, 5.41) is 11.7. The Bertz CT molecular complexity index is 1060. The van der Waals surface area contributed by atoms with Gasteiger partial charge in [-0.2, -0.15) is 10.1 Å². The smallest absolute Gasteiger partial charge is 0.228 e. The van der Waals surface area contributed by atoms with Gasteiger partial charge in [-0.3, -0.25) is 4.68 Å². The minimum absolute atomic E-state index is 0.450. The first-order valence-corrected chi connectivity index (χ1v) is 10.6. The Morgan fingerprint density at radius 2 is 2.20 bits per heavy atom. The number of anilines is 3. The molecule has 0 amide bonds. The zero-order valence-corrected chi connectivity index (χ0v) is 17.7. The maximum Gasteiger partial charge on any atom is 0.228 e. The van der Waals surface area contributed by atoms with Crippen molar-refractivity contribution in [3.05, 3.63) is 29.6 Å². The highest BCUT2D eigenvalue weighted by atomic mass is 16.5. The second kappa shape index (κ2) is 7.81. The van der Waals surface area contributed by atoms with Gasteiger partial charge in [0.2, 0.25) is 5.95 Å². The van der Waals surface area contributed by atoms with Crippen LogP contribution in [0.25, 0.3) is 11.0 Å². The third kappa shape index (κ3) is 3.48. The molecule has 5 rings (SSSR count). The van der Waals surface area contributed by atoms with Crippen molar-refractivity contribution in [2.45, 2.75) is 45.8 Å². The van der Waals surface area contributed by atoms with Crippen molar-refractivity contribution in [1.29, 1.82) is 0 Å². The van der Waals surface area contributed by atoms with Crippen LogP contribution in [-0.4, -0.2) is 63.1 Å². The van der Waals surface area contributed by atoms with Crippen molar-refractivity contribution in [3.8, 4) is 0 Å². The lowest BCUT2D eigenvalue weighted by atomic mass is 10.2. The Balaban J connectivity index is 1.59. The van der Waals surface area contributed by atoms with Gasteiger partial charge in [-0.25, -0.2) is 9.97 Å². The molecule has 2 saturated heterocycles. The molecule has 0 saturated carbocycles. The standard InChI is InChI=1S/C21H28N8O/c1-4-30-8-7-29-19-18(14(3)27-29)25-21(28-12-15-10-16(28)11-23-15)26-20(19)24-17-9-13(2)5-6-22-17/h5-6,9,15-16,23H,4,7-8,10-12H2,1-3H3,(H,22,24,25,26)/t15-,16-/m1/s1. The van der Waals surface area contributed by atoms with Crippen molar-refractivity contribution >= 4 is 28.6 Å². The lowest BCUT2D eigenvalue weighted by molar-refractivity contribution is 0.137. The molecule has 9 heteroatoms. The number of fused-ring (bicyclic) bond motifs is 3. The molecule has 0 unspecified atom stereocenters. The van der Waals surface area contributed by atoms with E-state index >= 15 is 0 Å². The van der Waals surface area contributed by atoms with Gasteiger partial charge in [0, 0.05) is 38.0 Å². The molecule has 3 aromatic rings. The van der Waals surface area contributed by atoms with E-state index < -0.39 is 0 Å². The van der Waals surface area contributed by atoms with Gasteiger partial charge in [-0.15, -0.1) is 0 Å². The summed E-state index contributed by atoms with van der Waals surface area (Å²) in [5.74, 6) is 2.26. The summed E-state index contributed by atoms with van der Waals surface area (Å²) >= 11 is 0. The normalized spacial score (nSPS) is 20.4. The largest absolute Gasteiger partial charge is 0.380 e. The fourth-order valence-corrected chi connectivity index (χ4v) is 4.42. The molecule has 3 aromatic heterocycles. The maximum atomic E-state index is 5.56. The number of pyridine rings is 1. The van der Waals surface area contributed by atoms with Crippen LogP contribution >= 0.6 is 0 Å². The fraction of sp³-hybridized carbons (Fsp3) is 0.524. The predicted molar refractivity (Wildman–Crippen MR) is 116 cm³/mol. The van der Waals surface area contributed by atoms with Gasteiger partial charge in [0.05, 0.1) is 18.8 Å². The molecular weight excluding hydrogens is 380 g/mol. The highest BCUT2D eigenvalue weighted by molar-refractivity contribution is 5.90. The summed E-state index contributed by atoms with van der Waals surface area (Å²) in [6.45, 7) is 9.91. The molecule has 2 aliphatic heterocycles.